The van der Waals surface area contributed by atoms with E-state index >= 15 is 0 Å². The lowest BCUT2D eigenvalue weighted by Crippen LogP contribution is -2.38. The Bertz CT molecular complexity index is 378. The van der Waals surface area contributed by atoms with E-state index in [4.69, 9.17) is 15.2 Å². The minimum absolute atomic E-state index is 0.0279. The summed E-state index contributed by atoms with van der Waals surface area (Å²) in [5, 5.41) is 0. The average Bonchev–Trinajstić information content (AvgIpc) is 2.38. The molecule has 0 spiro atoms. The molecule has 1 aromatic rings. The van der Waals surface area contributed by atoms with Crippen LogP contribution in [-0.2, 0) is 11.2 Å². The minimum atomic E-state index is -0.351. The van der Waals surface area contributed by atoms with Crippen LogP contribution < -0.4 is 10.5 Å². The monoisotopic (exact) mass is 269 g/mol. The van der Waals surface area contributed by atoms with E-state index in [0.29, 0.717) is 13.0 Å². The second-order valence-corrected chi connectivity index (χ2v) is 4.62. The Morgan fingerprint density at radius 3 is 2.58 bits per heavy atom. The molecule has 0 bridgehead atoms. The summed E-state index contributed by atoms with van der Waals surface area (Å²) in [6.45, 7) is 4.71. The van der Waals surface area contributed by atoms with Crippen molar-refractivity contribution in [3.8, 4) is 5.75 Å². The molecule has 19 heavy (non-hydrogen) atoms. The number of nitrogens with two attached hydrogens (primary N) is 1. The fourth-order valence-corrected chi connectivity index (χ4v) is 2.16. The van der Waals surface area contributed by atoms with Gasteiger partial charge in [-0.2, -0.15) is 0 Å². The predicted molar refractivity (Wildman–Crippen MR) is 75.0 cm³/mol. The summed E-state index contributed by atoms with van der Waals surface area (Å²) in [5.41, 5.74) is 7.03. The van der Waals surface area contributed by atoms with Crippen LogP contribution in [0, 0.1) is 5.82 Å². The molecule has 0 aromatic heterocycles. The quantitative estimate of drug-likeness (QED) is 0.789. The van der Waals surface area contributed by atoms with Crippen LogP contribution in [0.5, 0.6) is 5.75 Å². The van der Waals surface area contributed by atoms with Gasteiger partial charge in [0.2, 0.25) is 0 Å². The van der Waals surface area contributed by atoms with Crippen LogP contribution in [0.15, 0.2) is 18.2 Å². The maximum Gasteiger partial charge on any atom is 0.165 e. The highest BCUT2D eigenvalue weighted by Crippen LogP contribution is 2.19. The fraction of sp³-hybridized carbons (Fsp3) is 0.600. The second kappa shape index (κ2) is 8.12. The summed E-state index contributed by atoms with van der Waals surface area (Å²) in [6.07, 6.45) is 2.58. The van der Waals surface area contributed by atoms with Gasteiger partial charge in [0.25, 0.3) is 0 Å². The van der Waals surface area contributed by atoms with Crippen molar-refractivity contribution in [1.82, 2.24) is 0 Å². The van der Waals surface area contributed by atoms with Crippen LogP contribution in [-0.4, -0.2) is 25.9 Å². The molecule has 2 unspecified atom stereocenters. The number of methoxy groups -OCH3 is 1. The van der Waals surface area contributed by atoms with Crippen LogP contribution in [0.25, 0.3) is 0 Å². The van der Waals surface area contributed by atoms with Gasteiger partial charge in [-0.05, 0) is 37.5 Å². The van der Waals surface area contributed by atoms with Gasteiger partial charge < -0.3 is 15.2 Å². The summed E-state index contributed by atoms with van der Waals surface area (Å²) < 4.78 is 24.1. The molecule has 0 heterocycles. The van der Waals surface area contributed by atoms with Gasteiger partial charge >= 0.3 is 0 Å². The third-order valence-corrected chi connectivity index (χ3v) is 3.12. The highest BCUT2D eigenvalue weighted by molar-refractivity contribution is 5.29. The molecule has 0 aliphatic heterocycles. The van der Waals surface area contributed by atoms with E-state index in [1.54, 1.807) is 6.07 Å². The largest absolute Gasteiger partial charge is 0.494 e. The van der Waals surface area contributed by atoms with Gasteiger partial charge in [0.1, 0.15) is 0 Å². The molecule has 1 rings (SSSR count). The smallest absolute Gasteiger partial charge is 0.165 e. The molecule has 0 saturated carbocycles. The van der Waals surface area contributed by atoms with Crippen molar-refractivity contribution in [2.75, 3.05) is 13.7 Å². The maximum atomic E-state index is 13.6. The van der Waals surface area contributed by atoms with Crippen LogP contribution in [0.2, 0.25) is 0 Å². The van der Waals surface area contributed by atoms with E-state index in [1.807, 2.05) is 13.0 Å². The van der Waals surface area contributed by atoms with Crippen LogP contribution in [0.3, 0.4) is 0 Å². The topological polar surface area (TPSA) is 44.5 Å². The van der Waals surface area contributed by atoms with E-state index in [1.165, 1.54) is 13.2 Å². The van der Waals surface area contributed by atoms with Crippen LogP contribution in [0.1, 0.15) is 32.3 Å². The number of hydrogen-bond donors (Lipinski definition) is 1. The number of halogens is 1. The Morgan fingerprint density at radius 2 is 2.05 bits per heavy atom. The van der Waals surface area contributed by atoms with E-state index in [0.717, 1.165) is 18.4 Å². The molecule has 4 heteroatoms. The molecule has 0 aliphatic carbocycles. The van der Waals surface area contributed by atoms with Crippen molar-refractivity contribution < 1.29 is 13.9 Å². The Balaban J connectivity index is 2.68. The summed E-state index contributed by atoms with van der Waals surface area (Å²) in [6, 6.07) is 4.84. The van der Waals surface area contributed by atoms with Crippen molar-refractivity contribution in [3.05, 3.63) is 29.6 Å². The zero-order valence-electron chi connectivity index (χ0n) is 12.0. The Kier molecular flexibility index (Phi) is 6.81. The van der Waals surface area contributed by atoms with Gasteiger partial charge in [0.15, 0.2) is 11.6 Å². The van der Waals surface area contributed by atoms with Crippen molar-refractivity contribution in [3.63, 3.8) is 0 Å². The van der Waals surface area contributed by atoms with Gasteiger partial charge in [-0.3, -0.25) is 0 Å². The molecule has 3 nitrogen and oxygen atoms in total. The lowest BCUT2D eigenvalue weighted by molar-refractivity contribution is 0.0378. The number of hydrogen-bond acceptors (Lipinski definition) is 3. The molecule has 1 aromatic carbocycles. The van der Waals surface area contributed by atoms with Gasteiger partial charge in [-0.25, -0.2) is 4.39 Å². The molecular formula is C15H24FNO2. The number of rotatable bonds is 8. The number of benzene rings is 1. The molecule has 0 saturated heterocycles. The Morgan fingerprint density at radius 1 is 1.32 bits per heavy atom. The zero-order chi connectivity index (χ0) is 14.3. The minimum Gasteiger partial charge on any atom is -0.494 e. The predicted octanol–water partition coefficient (Wildman–Crippen LogP) is 2.91. The first-order valence-corrected chi connectivity index (χ1v) is 6.81. The van der Waals surface area contributed by atoms with Crippen molar-refractivity contribution in [2.45, 2.75) is 45.3 Å². The van der Waals surface area contributed by atoms with Crippen molar-refractivity contribution in [2.24, 2.45) is 5.73 Å². The van der Waals surface area contributed by atoms with Gasteiger partial charge in [-0.1, -0.05) is 19.4 Å². The van der Waals surface area contributed by atoms with E-state index in [2.05, 4.69) is 6.92 Å². The van der Waals surface area contributed by atoms with Gasteiger partial charge in [0.05, 0.1) is 13.2 Å². The lowest BCUT2D eigenvalue weighted by Gasteiger charge is -2.23. The van der Waals surface area contributed by atoms with Crippen LogP contribution >= 0.6 is 0 Å². The highest BCUT2D eigenvalue weighted by atomic mass is 19.1. The van der Waals surface area contributed by atoms with E-state index < -0.39 is 0 Å². The molecule has 0 fully saturated rings. The van der Waals surface area contributed by atoms with E-state index in [-0.39, 0.29) is 23.7 Å². The Hall–Kier alpha value is -1.13. The molecular weight excluding hydrogens is 245 g/mol. The summed E-state index contributed by atoms with van der Waals surface area (Å²) in [7, 11) is 1.45. The highest BCUT2D eigenvalue weighted by Gasteiger charge is 2.18. The molecule has 2 atom stereocenters. The summed E-state index contributed by atoms with van der Waals surface area (Å²) in [4.78, 5) is 0. The first-order chi connectivity index (χ1) is 9.12. The van der Waals surface area contributed by atoms with Crippen molar-refractivity contribution >= 4 is 0 Å². The van der Waals surface area contributed by atoms with Gasteiger partial charge in [-0.15, -0.1) is 0 Å². The molecule has 108 valence electrons. The Labute approximate surface area is 114 Å². The number of ether oxygens (including phenoxy) is 2. The third kappa shape index (κ3) is 4.80. The standard InChI is InChI=1S/C15H24FNO2/c1-4-6-15(19-5-2)13(17)10-11-7-8-14(18-3)12(16)9-11/h7-9,13,15H,4-6,10,17H2,1-3H3. The normalized spacial score (nSPS) is 14.2. The summed E-state index contributed by atoms with van der Waals surface area (Å²) >= 11 is 0. The molecule has 0 aliphatic rings. The maximum absolute atomic E-state index is 13.6. The molecule has 0 radical (unpaired) electrons. The zero-order valence-corrected chi connectivity index (χ0v) is 12.0. The van der Waals surface area contributed by atoms with Crippen LogP contribution in [0.4, 0.5) is 4.39 Å². The third-order valence-electron chi connectivity index (χ3n) is 3.12. The molecule has 2 N–H and O–H groups in total. The van der Waals surface area contributed by atoms with E-state index in [9.17, 15) is 4.39 Å². The lowest BCUT2D eigenvalue weighted by atomic mass is 9.99. The molecule has 0 amide bonds. The second-order valence-electron chi connectivity index (χ2n) is 4.62. The summed E-state index contributed by atoms with van der Waals surface area (Å²) in [5.74, 6) is -0.0945. The first kappa shape index (κ1) is 15.9. The fourth-order valence-electron chi connectivity index (χ4n) is 2.16. The van der Waals surface area contributed by atoms with Crippen molar-refractivity contribution in [1.29, 1.82) is 0 Å². The van der Waals surface area contributed by atoms with Gasteiger partial charge in [0, 0.05) is 12.6 Å². The SMILES string of the molecule is CCCC(OCC)C(N)Cc1ccc(OC)c(F)c1. The average molecular weight is 269 g/mol. The first-order valence-electron chi connectivity index (χ1n) is 6.81.